The summed E-state index contributed by atoms with van der Waals surface area (Å²) in [5.74, 6) is -0.188. The van der Waals surface area contributed by atoms with Gasteiger partial charge >= 0.3 is 0 Å². The van der Waals surface area contributed by atoms with Crippen LogP contribution in [0.3, 0.4) is 0 Å². The Hall–Kier alpha value is -0.193. The van der Waals surface area contributed by atoms with E-state index in [-0.39, 0.29) is 16.9 Å². The molecule has 1 aliphatic rings. The Bertz CT molecular complexity index is 270. The minimum absolute atomic E-state index is 0.111. The third-order valence-corrected chi connectivity index (χ3v) is 7.90. The number of rotatable bonds is 2. The summed E-state index contributed by atoms with van der Waals surface area (Å²) in [6.45, 7) is 10.7. The molecule has 2 atom stereocenters. The highest BCUT2D eigenvalue weighted by atomic mass is 28.4. The molecule has 2 N–H and O–H groups in total. The third kappa shape index (κ3) is 2.89. The van der Waals surface area contributed by atoms with Gasteiger partial charge in [0.15, 0.2) is 8.32 Å². The fourth-order valence-electron chi connectivity index (χ4n) is 1.38. The summed E-state index contributed by atoms with van der Waals surface area (Å²) < 4.78 is 19.4. The van der Waals surface area contributed by atoms with E-state index >= 15 is 0 Å². The fourth-order valence-corrected chi connectivity index (χ4v) is 2.65. The van der Waals surface area contributed by atoms with E-state index in [0.717, 1.165) is 0 Å². The van der Waals surface area contributed by atoms with Crippen LogP contribution in [0.15, 0.2) is 11.9 Å². The summed E-state index contributed by atoms with van der Waals surface area (Å²) in [7, 11) is -1.88. The van der Waals surface area contributed by atoms with Gasteiger partial charge in [-0.2, -0.15) is 0 Å². The second-order valence-corrected chi connectivity index (χ2v) is 10.6. The first-order chi connectivity index (χ1) is 6.63. The molecule has 2 unspecified atom stereocenters. The van der Waals surface area contributed by atoms with E-state index in [9.17, 15) is 4.39 Å². The van der Waals surface area contributed by atoms with E-state index in [0.29, 0.717) is 6.42 Å². The molecule has 88 valence electrons. The van der Waals surface area contributed by atoms with Crippen LogP contribution in [0.2, 0.25) is 18.1 Å². The largest absolute Gasteiger partial charge is 0.408 e. The molecule has 0 amide bonds. The van der Waals surface area contributed by atoms with Crippen molar-refractivity contribution in [2.75, 3.05) is 0 Å². The molecule has 0 heterocycles. The summed E-state index contributed by atoms with van der Waals surface area (Å²) in [5, 5.41) is 0.111. The normalized spacial score (nSPS) is 28.1. The van der Waals surface area contributed by atoms with E-state index in [4.69, 9.17) is 10.2 Å². The minimum atomic E-state index is -1.88. The first-order valence-electron chi connectivity index (χ1n) is 5.44. The summed E-state index contributed by atoms with van der Waals surface area (Å²) >= 11 is 0. The number of nitrogens with two attached hydrogens (primary N) is 1. The van der Waals surface area contributed by atoms with Crippen molar-refractivity contribution in [3.05, 3.63) is 11.9 Å². The smallest absolute Gasteiger partial charge is 0.193 e. The van der Waals surface area contributed by atoms with Crippen LogP contribution in [-0.2, 0) is 4.43 Å². The topological polar surface area (TPSA) is 35.2 Å². The van der Waals surface area contributed by atoms with E-state index in [1.807, 2.05) is 0 Å². The number of halogens is 1. The van der Waals surface area contributed by atoms with Crippen molar-refractivity contribution in [2.45, 2.75) is 57.5 Å². The van der Waals surface area contributed by atoms with Gasteiger partial charge in [0.1, 0.15) is 5.83 Å². The van der Waals surface area contributed by atoms with Crippen molar-refractivity contribution in [3.8, 4) is 0 Å². The van der Waals surface area contributed by atoms with E-state index < -0.39 is 14.4 Å². The van der Waals surface area contributed by atoms with Gasteiger partial charge in [0.05, 0.1) is 6.10 Å². The van der Waals surface area contributed by atoms with Crippen LogP contribution in [0.4, 0.5) is 4.39 Å². The van der Waals surface area contributed by atoms with Crippen LogP contribution >= 0.6 is 0 Å². The number of hydrogen-bond donors (Lipinski definition) is 1. The van der Waals surface area contributed by atoms with Gasteiger partial charge in [-0.05, 0) is 30.6 Å². The zero-order valence-electron chi connectivity index (χ0n) is 10.3. The summed E-state index contributed by atoms with van der Waals surface area (Å²) in [4.78, 5) is 0. The molecule has 0 saturated carbocycles. The van der Waals surface area contributed by atoms with Gasteiger partial charge in [0, 0.05) is 6.04 Å². The van der Waals surface area contributed by atoms with Crippen LogP contribution in [0.25, 0.3) is 0 Å². The zero-order chi connectivity index (χ0) is 11.9. The molecule has 0 radical (unpaired) electrons. The SMILES string of the molecule is CC(C)(C)[Si](C)(C)OC1CC(N)C=C1F. The molecule has 0 saturated heterocycles. The molecule has 0 fully saturated rings. The van der Waals surface area contributed by atoms with Gasteiger partial charge in [0.2, 0.25) is 0 Å². The van der Waals surface area contributed by atoms with E-state index in [2.05, 4.69) is 33.9 Å². The Morgan fingerprint density at radius 3 is 2.33 bits per heavy atom. The Morgan fingerprint density at radius 2 is 2.00 bits per heavy atom. The van der Waals surface area contributed by atoms with Gasteiger partial charge in [-0.15, -0.1) is 0 Å². The number of hydrogen-bond acceptors (Lipinski definition) is 2. The lowest BCUT2D eigenvalue weighted by Crippen LogP contribution is -2.44. The van der Waals surface area contributed by atoms with Crippen molar-refractivity contribution in [3.63, 3.8) is 0 Å². The van der Waals surface area contributed by atoms with Crippen LogP contribution in [0.5, 0.6) is 0 Å². The molecular formula is C11H22FNOSi. The maximum atomic E-state index is 13.4. The molecule has 0 bridgehead atoms. The van der Waals surface area contributed by atoms with Gasteiger partial charge in [0.25, 0.3) is 0 Å². The van der Waals surface area contributed by atoms with Crippen molar-refractivity contribution in [2.24, 2.45) is 5.73 Å². The standard InChI is InChI=1S/C11H22FNOSi/c1-11(2,3)15(4,5)14-10-7-8(13)6-9(10)12/h6,8,10H,7,13H2,1-5H3. The first-order valence-corrected chi connectivity index (χ1v) is 8.35. The lowest BCUT2D eigenvalue weighted by molar-refractivity contribution is 0.188. The van der Waals surface area contributed by atoms with Crippen LogP contribution in [0.1, 0.15) is 27.2 Å². The molecule has 1 rings (SSSR count). The lowest BCUT2D eigenvalue weighted by Gasteiger charge is -2.38. The molecular weight excluding hydrogens is 209 g/mol. The van der Waals surface area contributed by atoms with Crippen LogP contribution in [-0.4, -0.2) is 20.5 Å². The first kappa shape index (κ1) is 12.9. The Morgan fingerprint density at radius 1 is 1.47 bits per heavy atom. The van der Waals surface area contributed by atoms with Gasteiger partial charge < -0.3 is 10.2 Å². The van der Waals surface area contributed by atoms with Gasteiger partial charge in [-0.25, -0.2) is 4.39 Å². The molecule has 4 heteroatoms. The molecule has 0 aromatic rings. The summed E-state index contributed by atoms with van der Waals surface area (Å²) in [5.41, 5.74) is 5.66. The highest BCUT2D eigenvalue weighted by Crippen LogP contribution is 2.39. The Balaban J connectivity index is 2.68. The fraction of sp³-hybridized carbons (Fsp3) is 0.818. The maximum absolute atomic E-state index is 13.4. The summed E-state index contributed by atoms with van der Waals surface area (Å²) in [6, 6.07) is -0.181. The lowest BCUT2D eigenvalue weighted by atomic mass is 10.2. The minimum Gasteiger partial charge on any atom is -0.408 e. The van der Waals surface area contributed by atoms with Crippen molar-refractivity contribution < 1.29 is 8.82 Å². The molecule has 0 aromatic heterocycles. The predicted molar refractivity (Wildman–Crippen MR) is 63.9 cm³/mol. The average molecular weight is 231 g/mol. The van der Waals surface area contributed by atoms with Crippen LogP contribution in [0, 0.1) is 0 Å². The molecule has 1 aliphatic carbocycles. The van der Waals surface area contributed by atoms with E-state index in [1.54, 1.807) is 0 Å². The van der Waals surface area contributed by atoms with Crippen LogP contribution < -0.4 is 5.73 Å². The second kappa shape index (κ2) is 4.00. The van der Waals surface area contributed by atoms with Crippen molar-refractivity contribution >= 4 is 8.32 Å². The highest BCUT2D eigenvalue weighted by Gasteiger charge is 2.41. The van der Waals surface area contributed by atoms with Gasteiger partial charge in [-0.3, -0.25) is 0 Å². The van der Waals surface area contributed by atoms with E-state index in [1.165, 1.54) is 6.08 Å². The average Bonchev–Trinajstić information content (AvgIpc) is 2.26. The molecule has 0 aromatic carbocycles. The molecule has 2 nitrogen and oxygen atoms in total. The quantitative estimate of drug-likeness (QED) is 0.742. The Kier molecular flexibility index (Phi) is 3.43. The summed E-state index contributed by atoms with van der Waals surface area (Å²) in [6.07, 6.45) is 1.65. The van der Waals surface area contributed by atoms with Crippen molar-refractivity contribution in [1.29, 1.82) is 0 Å². The molecule has 0 spiro atoms. The maximum Gasteiger partial charge on any atom is 0.193 e. The second-order valence-electron chi connectivity index (χ2n) is 5.82. The third-order valence-electron chi connectivity index (χ3n) is 3.41. The van der Waals surface area contributed by atoms with Crippen molar-refractivity contribution in [1.82, 2.24) is 0 Å². The zero-order valence-corrected chi connectivity index (χ0v) is 11.3. The Labute approximate surface area is 92.8 Å². The molecule has 0 aliphatic heterocycles. The molecule has 15 heavy (non-hydrogen) atoms. The monoisotopic (exact) mass is 231 g/mol. The van der Waals surface area contributed by atoms with Gasteiger partial charge in [-0.1, -0.05) is 20.8 Å². The highest BCUT2D eigenvalue weighted by molar-refractivity contribution is 6.74. The predicted octanol–water partition coefficient (Wildman–Crippen LogP) is 2.96.